The maximum Gasteiger partial charge on any atom is 0.127 e. The van der Waals surface area contributed by atoms with Gasteiger partial charge < -0.3 is 10.0 Å². The van der Waals surface area contributed by atoms with Gasteiger partial charge in [0.1, 0.15) is 5.82 Å². The Morgan fingerprint density at radius 1 is 1.14 bits per heavy atom. The van der Waals surface area contributed by atoms with Crippen LogP contribution in [0.4, 0.5) is 5.82 Å². The molecule has 2 aliphatic heterocycles. The Balaban J connectivity index is 1.40. The lowest BCUT2D eigenvalue weighted by molar-refractivity contribution is 0.110. The Morgan fingerprint density at radius 3 is 2.41 bits per heavy atom. The minimum atomic E-state index is -0.0355. The minimum Gasteiger partial charge on any atom is -0.396 e. The van der Waals surface area contributed by atoms with Crippen LogP contribution in [0.5, 0.6) is 0 Å². The highest BCUT2D eigenvalue weighted by Gasteiger charge is 2.51. The fourth-order valence-electron chi connectivity index (χ4n) is 4.99. The third-order valence-electron chi connectivity index (χ3n) is 6.62. The number of pyridine rings is 1. The fraction of sp³-hybridized carbons (Fsp3) is 0.522. The Hall–Kier alpha value is -1.66. The second-order valence-electron chi connectivity index (χ2n) is 9.01. The molecule has 2 fully saturated rings. The van der Waals surface area contributed by atoms with Crippen molar-refractivity contribution in [3.05, 3.63) is 58.2 Å². The van der Waals surface area contributed by atoms with Crippen molar-refractivity contribution in [2.45, 2.75) is 20.0 Å². The van der Waals surface area contributed by atoms with E-state index in [4.69, 9.17) is 11.6 Å². The molecule has 0 radical (unpaired) electrons. The molecule has 2 unspecified atom stereocenters. The number of rotatable bonds is 6. The number of hydrogen-bond acceptors (Lipinski definition) is 5. The van der Waals surface area contributed by atoms with E-state index in [-0.39, 0.29) is 12.0 Å². The van der Waals surface area contributed by atoms with Gasteiger partial charge in [-0.2, -0.15) is 0 Å². The molecule has 1 N–H and O–H groups in total. The molecular weight excluding hydrogens is 384 g/mol. The summed E-state index contributed by atoms with van der Waals surface area (Å²) in [4.78, 5) is 11.5. The summed E-state index contributed by atoms with van der Waals surface area (Å²) in [5.41, 5.74) is 3.65. The van der Waals surface area contributed by atoms with Crippen molar-refractivity contribution in [1.29, 1.82) is 0 Å². The lowest BCUT2D eigenvalue weighted by Crippen LogP contribution is -2.37. The lowest BCUT2D eigenvalue weighted by atomic mass is 9.82. The van der Waals surface area contributed by atoms with E-state index in [1.807, 2.05) is 37.3 Å². The van der Waals surface area contributed by atoms with Gasteiger partial charge in [-0.25, -0.2) is 4.98 Å². The maximum absolute atomic E-state index is 10.3. The zero-order chi connectivity index (χ0) is 20.6. The zero-order valence-electron chi connectivity index (χ0n) is 17.6. The molecule has 6 heteroatoms. The molecule has 2 saturated heterocycles. The summed E-state index contributed by atoms with van der Waals surface area (Å²) in [5.74, 6) is 1.47. The first-order chi connectivity index (χ1) is 13.9. The van der Waals surface area contributed by atoms with Gasteiger partial charge in [-0.3, -0.25) is 9.80 Å². The zero-order valence-corrected chi connectivity index (χ0v) is 18.4. The monoisotopic (exact) mass is 414 g/mol. The van der Waals surface area contributed by atoms with Crippen LogP contribution in [0.3, 0.4) is 0 Å². The topological polar surface area (TPSA) is 42.8 Å². The summed E-state index contributed by atoms with van der Waals surface area (Å²) >= 11 is 6.45. The van der Waals surface area contributed by atoms with Crippen LogP contribution in [-0.4, -0.2) is 66.8 Å². The molecule has 0 spiro atoms. The van der Waals surface area contributed by atoms with Crippen LogP contribution < -0.4 is 4.90 Å². The molecule has 2 aliphatic rings. The summed E-state index contributed by atoms with van der Waals surface area (Å²) in [6.07, 6.45) is 1.97. The first kappa shape index (κ1) is 20.6. The Kier molecular flexibility index (Phi) is 5.85. The van der Waals surface area contributed by atoms with Gasteiger partial charge in [0, 0.05) is 70.0 Å². The Morgan fingerprint density at radius 2 is 1.86 bits per heavy atom. The van der Waals surface area contributed by atoms with Crippen LogP contribution >= 0.6 is 11.6 Å². The van der Waals surface area contributed by atoms with Crippen LogP contribution in [0, 0.1) is 18.3 Å². The van der Waals surface area contributed by atoms with Gasteiger partial charge in [0.25, 0.3) is 0 Å². The number of benzene rings is 1. The summed E-state index contributed by atoms with van der Waals surface area (Å²) in [6.45, 7) is 8.01. The number of aliphatic hydroxyl groups excluding tert-OH is 1. The molecule has 0 aliphatic carbocycles. The van der Waals surface area contributed by atoms with Crippen molar-refractivity contribution in [3.63, 3.8) is 0 Å². The summed E-state index contributed by atoms with van der Waals surface area (Å²) in [6, 6.07) is 10.3. The molecule has 2 atom stereocenters. The predicted molar refractivity (Wildman–Crippen MR) is 118 cm³/mol. The molecule has 3 heterocycles. The molecule has 1 aromatic carbocycles. The standard InChI is InChI=1S/C23H31ClN4O/c1-17-5-4-6-21(24)20(17)13-28-12-19-11-27(14-23(19,15-28)16-29)10-18-7-8-22(25-9-18)26(2)3/h4-9,19,29H,10-16H2,1-3H3. The van der Waals surface area contributed by atoms with Crippen LogP contribution in [-0.2, 0) is 13.1 Å². The second kappa shape index (κ2) is 8.23. The molecule has 0 amide bonds. The largest absolute Gasteiger partial charge is 0.396 e. The number of aryl methyl sites for hydroxylation is 1. The van der Waals surface area contributed by atoms with Crippen LogP contribution in [0.1, 0.15) is 16.7 Å². The van der Waals surface area contributed by atoms with Gasteiger partial charge in [0.05, 0.1) is 6.61 Å². The number of fused-ring (bicyclic) bond motifs is 1. The molecule has 0 saturated carbocycles. The van der Waals surface area contributed by atoms with E-state index in [0.29, 0.717) is 5.92 Å². The maximum atomic E-state index is 10.3. The lowest BCUT2D eigenvalue weighted by Gasteiger charge is -2.28. The average Bonchev–Trinajstić information content (AvgIpc) is 3.18. The number of aliphatic hydroxyl groups is 1. The fourth-order valence-corrected chi connectivity index (χ4v) is 5.27. The van der Waals surface area contributed by atoms with Gasteiger partial charge in [-0.05, 0) is 41.7 Å². The summed E-state index contributed by atoms with van der Waals surface area (Å²) < 4.78 is 0. The van der Waals surface area contributed by atoms with E-state index >= 15 is 0 Å². The van der Waals surface area contributed by atoms with Crippen molar-refractivity contribution in [2.24, 2.45) is 11.3 Å². The van der Waals surface area contributed by atoms with Crippen molar-refractivity contribution in [3.8, 4) is 0 Å². The highest BCUT2D eigenvalue weighted by atomic mass is 35.5. The van der Waals surface area contributed by atoms with Crippen molar-refractivity contribution >= 4 is 17.4 Å². The number of nitrogens with zero attached hydrogens (tertiary/aromatic N) is 4. The second-order valence-corrected chi connectivity index (χ2v) is 9.42. The van der Waals surface area contributed by atoms with E-state index < -0.39 is 0 Å². The van der Waals surface area contributed by atoms with E-state index in [2.05, 4.69) is 39.9 Å². The van der Waals surface area contributed by atoms with Gasteiger partial charge in [0.2, 0.25) is 0 Å². The molecule has 4 rings (SSSR count). The van der Waals surface area contributed by atoms with Crippen LogP contribution in [0.15, 0.2) is 36.5 Å². The molecule has 29 heavy (non-hydrogen) atoms. The molecule has 1 aromatic heterocycles. The summed E-state index contributed by atoms with van der Waals surface area (Å²) in [7, 11) is 4.01. The quantitative estimate of drug-likeness (QED) is 0.787. The van der Waals surface area contributed by atoms with Crippen molar-refractivity contribution in [1.82, 2.24) is 14.8 Å². The first-order valence-corrected chi connectivity index (χ1v) is 10.7. The third kappa shape index (κ3) is 4.15. The first-order valence-electron chi connectivity index (χ1n) is 10.3. The Bertz CT molecular complexity index is 836. The van der Waals surface area contributed by atoms with Crippen molar-refractivity contribution in [2.75, 3.05) is 51.8 Å². The van der Waals surface area contributed by atoms with E-state index in [1.54, 1.807) is 0 Å². The highest BCUT2D eigenvalue weighted by molar-refractivity contribution is 6.31. The average molecular weight is 415 g/mol. The van der Waals surface area contributed by atoms with Gasteiger partial charge in [-0.15, -0.1) is 0 Å². The predicted octanol–water partition coefficient (Wildman–Crippen LogP) is 3.04. The van der Waals surface area contributed by atoms with Gasteiger partial charge in [0.15, 0.2) is 0 Å². The molecular formula is C23H31ClN4O. The molecule has 2 aromatic rings. The minimum absolute atomic E-state index is 0.0355. The SMILES string of the molecule is Cc1cccc(Cl)c1CN1CC2CN(Cc3ccc(N(C)C)nc3)CC2(CO)C1. The van der Waals surface area contributed by atoms with Crippen LogP contribution in [0.2, 0.25) is 5.02 Å². The Labute approximate surface area is 178 Å². The van der Waals surface area contributed by atoms with E-state index in [9.17, 15) is 5.11 Å². The van der Waals surface area contributed by atoms with E-state index in [1.165, 1.54) is 16.7 Å². The van der Waals surface area contributed by atoms with Crippen molar-refractivity contribution < 1.29 is 5.11 Å². The summed E-state index contributed by atoms with van der Waals surface area (Å²) in [5, 5.41) is 11.1. The third-order valence-corrected chi connectivity index (χ3v) is 6.98. The van der Waals surface area contributed by atoms with E-state index in [0.717, 1.165) is 50.1 Å². The van der Waals surface area contributed by atoms with Gasteiger partial charge in [-0.1, -0.05) is 29.8 Å². The molecule has 0 bridgehead atoms. The number of anilines is 1. The number of likely N-dealkylation sites (tertiary alicyclic amines) is 2. The van der Waals surface area contributed by atoms with Crippen LogP contribution in [0.25, 0.3) is 0 Å². The number of halogens is 1. The normalized spacial score (nSPS) is 24.8. The van der Waals surface area contributed by atoms with Gasteiger partial charge >= 0.3 is 0 Å². The highest BCUT2D eigenvalue weighted by Crippen LogP contribution is 2.43. The smallest absolute Gasteiger partial charge is 0.127 e. The number of aromatic nitrogens is 1. The number of hydrogen-bond donors (Lipinski definition) is 1. The molecule has 5 nitrogen and oxygen atoms in total. The molecule has 156 valence electrons.